The first kappa shape index (κ1) is 19.0. The molecule has 0 bridgehead atoms. The van der Waals surface area contributed by atoms with E-state index in [1.54, 1.807) is 0 Å². The molecule has 7 nitrogen and oxygen atoms in total. The fraction of sp³-hybridized carbons (Fsp3) is 0.429. The summed E-state index contributed by atoms with van der Waals surface area (Å²) in [6, 6.07) is 10.4. The Hall–Kier alpha value is -1.96. The molecule has 7 heteroatoms. The molecule has 0 aliphatic carbocycles. The highest BCUT2D eigenvalue weighted by Crippen LogP contribution is 2.07. The predicted octanol–water partition coefficient (Wildman–Crippen LogP) is 0.989. The Bertz CT molecular complexity index is 409. The predicted molar refractivity (Wildman–Crippen MR) is 77.4 cm³/mol. The quantitative estimate of drug-likeness (QED) is 0.351. The van der Waals surface area contributed by atoms with Crippen molar-refractivity contribution in [3.63, 3.8) is 0 Å². The third-order valence-corrected chi connectivity index (χ3v) is 2.76. The van der Waals surface area contributed by atoms with Crippen LogP contribution >= 0.6 is 0 Å². The number of carboxylic acids is 2. The molecule has 0 spiro atoms. The van der Waals surface area contributed by atoms with Gasteiger partial charge in [-0.3, -0.25) is 11.3 Å². The monoisotopic (exact) mass is 298 g/mol. The van der Waals surface area contributed by atoms with Crippen LogP contribution in [0, 0.1) is 0 Å². The molecule has 0 aromatic heterocycles. The lowest BCUT2D eigenvalue weighted by Crippen LogP contribution is -2.43. The Kier molecular flexibility index (Phi) is 9.78. The third-order valence-electron chi connectivity index (χ3n) is 2.76. The molecule has 0 amide bonds. The van der Waals surface area contributed by atoms with E-state index in [4.69, 9.17) is 30.4 Å². The summed E-state index contributed by atoms with van der Waals surface area (Å²) in [6.45, 7) is 4.77. The van der Waals surface area contributed by atoms with Crippen molar-refractivity contribution in [3.05, 3.63) is 35.9 Å². The van der Waals surface area contributed by atoms with E-state index >= 15 is 0 Å². The van der Waals surface area contributed by atoms with Gasteiger partial charge in [-0.05, 0) is 18.9 Å². The Labute approximate surface area is 123 Å². The van der Waals surface area contributed by atoms with Gasteiger partial charge in [-0.2, -0.15) is 0 Å². The molecule has 0 radical (unpaired) electrons. The molecule has 0 saturated carbocycles. The van der Waals surface area contributed by atoms with Crippen LogP contribution < -0.4 is 11.3 Å². The normalized spacial score (nSPS) is 12.7. The minimum atomic E-state index is -1.82. The van der Waals surface area contributed by atoms with Crippen LogP contribution in [0.4, 0.5) is 0 Å². The van der Waals surface area contributed by atoms with E-state index in [2.05, 4.69) is 24.5 Å². The second kappa shape index (κ2) is 10.8. The third kappa shape index (κ3) is 8.74. The molecule has 0 fully saturated rings. The Morgan fingerprint density at radius 1 is 1.24 bits per heavy atom. The molecule has 1 rings (SSSR count). The average molecular weight is 298 g/mol. The second-order valence-corrected chi connectivity index (χ2v) is 4.29. The number of nitrogens with two attached hydrogens (primary N) is 1. The molecule has 0 unspecified atom stereocenters. The van der Waals surface area contributed by atoms with Gasteiger partial charge in [0, 0.05) is 6.04 Å². The average Bonchev–Trinajstić information content (AvgIpc) is 2.48. The van der Waals surface area contributed by atoms with Crippen molar-refractivity contribution in [3.8, 4) is 0 Å². The van der Waals surface area contributed by atoms with Crippen molar-refractivity contribution in [2.75, 3.05) is 0 Å². The van der Waals surface area contributed by atoms with Gasteiger partial charge in [-0.1, -0.05) is 37.3 Å². The fourth-order valence-corrected chi connectivity index (χ4v) is 1.50. The maximum Gasteiger partial charge on any atom is 0.414 e. The molecule has 0 saturated heterocycles. The number of ether oxygens (including phenoxy) is 1. The van der Waals surface area contributed by atoms with Gasteiger partial charge in [-0.25, -0.2) is 9.59 Å². The van der Waals surface area contributed by atoms with Crippen molar-refractivity contribution < 1.29 is 24.5 Å². The molecule has 21 heavy (non-hydrogen) atoms. The maximum absolute atomic E-state index is 9.10. The largest absolute Gasteiger partial charge is 0.473 e. The lowest BCUT2D eigenvalue weighted by Gasteiger charge is -2.22. The van der Waals surface area contributed by atoms with Crippen molar-refractivity contribution in [2.24, 2.45) is 5.84 Å². The van der Waals surface area contributed by atoms with Gasteiger partial charge in [0.1, 0.15) is 0 Å². The molecule has 118 valence electrons. The number of hydrogen-bond donors (Lipinski definition) is 4. The number of aliphatic carboxylic acids is 2. The van der Waals surface area contributed by atoms with Gasteiger partial charge in [0.25, 0.3) is 0 Å². The molecular weight excluding hydrogens is 276 g/mol. The topological polar surface area (TPSA) is 122 Å². The molecule has 0 aliphatic heterocycles. The fourth-order valence-electron chi connectivity index (χ4n) is 1.50. The zero-order chi connectivity index (χ0) is 16.3. The van der Waals surface area contributed by atoms with E-state index in [1.807, 2.05) is 25.1 Å². The first-order valence-corrected chi connectivity index (χ1v) is 6.50. The van der Waals surface area contributed by atoms with Crippen LogP contribution in [0.1, 0.15) is 25.8 Å². The number of hydrazine groups is 1. The van der Waals surface area contributed by atoms with Crippen LogP contribution in [0.15, 0.2) is 30.3 Å². The number of nitrogens with one attached hydrogen (secondary N) is 1. The van der Waals surface area contributed by atoms with E-state index in [1.165, 1.54) is 5.56 Å². The van der Waals surface area contributed by atoms with E-state index in [-0.39, 0.29) is 12.1 Å². The van der Waals surface area contributed by atoms with Gasteiger partial charge in [0.15, 0.2) is 0 Å². The van der Waals surface area contributed by atoms with Gasteiger partial charge in [0.05, 0.1) is 12.7 Å². The standard InChI is InChI=1S/C12H20N2O.C2H2O4/c1-3-12(14-13)10(2)15-9-11-7-5-4-6-8-11;3-1(4)2(5)6/h4-8,10,12,14H,3,9,13H2,1-2H3;(H,3,4)(H,5,6)/t10-,12-;/m1./s1. The highest BCUT2D eigenvalue weighted by atomic mass is 16.5. The molecule has 5 N–H and O–H groups in total. The molecule has 2 atom stereocenters. The molecular formula is C14H22N2O5. The molecule has 1 aromatic carbocycles. The summed E-state index contributed by atoms with van der Waals surface area (Å²) in [5.74, 6) is 1.78. The summed E-state index contributed by atoms with van der Waals surface area (Å²) in [5, 5.41) is 14.8. The van der Waals surface area contributed by atoms with Crippen LogP contribution in [0.2, 0.25) is 0 Å². The van der Waals surface area contributed by atoms with Crippen LogP contribution in [-0.4, -0.2) is 34.3 Å². The summed E-state index contributed by atoms with van der Waals surface area (Å²) < 4.78 is 5.73. The van der Waals surface area contributed by atoms with Crippen LogP contribution in [0.25, 0.3) is 0 Å². The maximum atomic E-state index is 9.10. The number of benzene rings is 1. The smallest absolute Gasteiger partial charge is 0.414 e. The molecule has 1 aromatic rings. The Balaban J connectivity index is 0.000000567. The summed E-state index contributed by atoms with van der Waals surface area (Å²) in [4.78, 5) is 18.2. The SMILES string of the molecule is CC[C@@H](NN)[C@@H](C)OCc1ccccc1.O=C(O)C(=O)O. The second-order valence-electron chi connectivity index (χ2n) is 4.29. The van der Waals surface area contributed by atoms with E-state index in [0.717, 1.165) is 6.42 Å². The number of hydrogen-bond acceptors (Lipinski definition) is 5. The van der Waals surface area contributed by atoms with Crippen LogP contribution in [0.5, 0.6) is 0 Å². The van der Waals surface area contributed by atoms with Gasteiger partial charge in [0.2, 0.25) is 0 Å². The highest BCUT2D eigenvalue weighted by molar-refractivity contribution is 6.27. The van der Waals surface area contributed by atoms with Crippen LogP contribution in [0.3, 0.4) is 0 Å². The Morgan fingerprint density at radius 2 is 1.76 bits per heavy atom. The van der Waals surface area contributed by atoms with Crippen molar-refractivity contribution in [2.45, 2.75) is 39.0 Å². The molecule has 0 aliphatic rings. The Morgan fingerprint density at radius 3 is 2.14 bits per heavy atom. The number of rotatable bonds is 6. The molecule has 0 heterocycles. The van der Waals surface area contributed by atoms with Crippen molar-refractivity contribution >= 4 is 11.9 Å². The van der Waals surface area contributed by atoms with Gasteiger partial charge in [-0.15, -0.1) is 0 Å². The van der Waals surface area contributed by atoms with Gasteiger partial charge >= 0.3 is 11.9 Å². The minimum absolute atomic E-state index is 0.125. The van der Waals surface area contributed by atoms with E-state index in [0.29, 0.717) is 6.61 Å². The lowest BCUT2D eigenvalue weighted by atomic mass is 10.1. The first-order valence-electron chi connectivity index (χ1n) is 6.50. The minimum Gasteiger partial charge on any atom is -0.473 e. The zero-order valence-electron chi connectivity index (χ0n) is 12.2. The number of carboxylic acid groups (broad SMARTS) is 2. The number of carbonyl (C=O) groups is 2. The van der Waals surface area contributed by atoms with Crippen LogP contribution in [-0.2, 0) is 20.9 Å². The van der Waals surface area contributed by atoms with E-state index < -0.39 is 11.9 Å². The summed E-state index contributed by atoms with van der Waals surface area (Å²) in [7, 11) is 0. The summed E-state index contributed by atoms with van der Waals surface area (Å²) >= 11 is 0. The van der Waals surface area contributed by atoms with E-state index in [9.17, 15) is 0 Å². The van der Waals surface area contributed by atoms with Crippen molar-refractivity contribution in [1.29, 1.82) is 0 Å². The van der Waals surface area contributed by atoms with Gasteiger partial charge < -0.3 is 14.9 Å². The van der Waals surface area contributed by atoms with Crippen molar-refractivity contribution in [1.82, 2.24) is 5.43 Å². The highest BCUT2D eigenvalue weighted by Gasteiger charge is 2.13. The first-order chi connectivity index (χ1) is 9.92. The summed E-state index contributed by atoms with van der Waals surface area (Å²) in [5.41, 5.74) is 3.95. The summed E-state index contributed by atoms with van der Waals surface area (Å²) in [6.07, 6.45) is 1.09. The lowest BCUT2D eigenvalue weighted by molar-refractivity contribution is -0.159. The zero-order valence-corrected chi connectivity index (χ0v) is 12.2.